The molecule has 1 aliphatic rings. The Hall–Kier alpha value is -0.590. The molecule has 1 atom stereocenters. The molecule has 1 rings (SSSR count). The number of rotatable bonds is 7. The Labute approximate surface area is 99.8 Å². The van der Waals surface area contributed by atoms with Gasteiger partial charge in [-0.3, -0.25) is 0 Å². The molecule has 0 radical (unpaired) electrons. The van der Waals surface area contributed by atoms with E-state index in [1.807, 2.05) is 0 Å². The van der Waals surface area contributed by atoms with Crippen LogP contribution in [0.3, 0.4) is 0 Å². The second-order valence-corrected chi connectivity index (χ2v) is 5.83. The highest BCUT2D eigenvalue weighted by Crippen LogP contribution is 2.47. The number of nitrogens with one attached hydrogen (secondary N) is 1. The van der Waals surface area contributed by atoms with E-state index in [9.17, 15) is 0 Å². The fourth-order valence-electron chi connectivity index (χ4n) is 2.01. The number of hydrogen-bond acceptors (Lipinski definition) is 3. The van der Waals surface area contributed by atoms with E-state index < -0.39 is 0 Å². The molecule has 1 N–H and O–H groups in total. The lowest BCUT2D eigenvalue weighted by Crippen LogP contribution is -2.44. The summed E-state index contributed by atoms with van der Waals surface area (Å²) in [6.07, 6.45) is 3.16. The van der Waals surface area contributed by atoms with Gasteiger partial charge in [-0.2, -0.15) is 5.26 Å². The molecule has 0 aromatic rings. The van der Waals surface area contributed by atoms with Crippen LogP contribution < -0.4 is 5.32 Å². The third-order valence-corrected chi connectivity index (χ3v) is 3.52. The van der Waals surface area contributed by atoms with Crippen molar-refractivity contribution in [3.63, 3.8) is 0 Å². The van der Waals surface area contributed by atoms with Gasteiger partial charge in [0.25, 0.3) is 0 Å². The summed E-state index contributed by atoms with van der Waals surface area (Å²) < 4.78 is 0. The van der Waals surface area contributed by atoms with Crippen LogP contribution in [0.5, 0.6) is 0 Å². The highest BCUT2D eigenvalue weighted by Gasteiger charge is 2.42. The van der Waals surface area contributed by atoms with Crippen LogP contribution >= 0.6 is 0 Å². The van der Waals surface area contributed by atoms with E-state index in [4.69, 9.17) is 5.26 Å². The van der Waals surface area contributed by atoms with Gasteiger partial charge in [-0.25, -0.2) is 0 Å². The Morgan fingerprint density at radius 1 is 1.38 bits per heavy atom. The van der Waals surface area contributed by atoms with E-state index >= 15 is 0 Å². The fourth-order valence-corrected chi connectivity index (χ4v) is 2.01. The summed E-state index contributed by atoms with van der Waals surface area (Å²) in [4.78, 5) is 2.22. The minimum absolute atomic E-state index is 0.314. The largest absolute Gasteiger partial charge is 0.312 e. The Kier molecular flexibility index (Phi) is 4.76. The molecule has 0 aromatic carbocycles. The lowest BCUT2D eigenvalue weighted by atomic mass is 10.00. The number of nitrogens with zero attached hydrogens (tertiary/aromatic N) is 2. The van der Waals surface area contributed by atoms with E-state index in [-0.39, 0.29) is 0 Å². The second kappa shape index (κ2) is 5.65. The predicted octanol–water partition coefficient (Wildman–Crippen LogP) is 1.86. The molecule has 16 heavy (non-hydrogen) atoms. The minimum atomic E-state index is 0.314. The van der Waals surface area contributed by atoms with Crippen molar-refractivity contribution in [2.75, 3.05) is 27.2 Å². The maximum absolute atomic E-state index is 8.78. The van der Waals surface area contributed by atoms with Crippen LogP contribution in [0.25, 0.3) is 0 Å². The monoisotopic (exact) mass is 223 g/mol. The molecule has 3 heteroatoms. The van der Waals surface area contributed by atoms with Gasteiger partial charge in [0, 0.05) is 25.6 Å². The van der Waals surface area contributed by atoms with E-state index in [1.165, 1.54) is 12.8 Å². The molecule has 0 aromatic heterocycles. The standard InChI is InChI=1S/C13H25N3/c1-11(2)12(9-16(3)4)15-10-13(5-6-13)7-8-14/h11-12,15H,5-7,9-10H2,1-4H3. The second-order valence-electron chi connectivity index (χ2n) is 5.83. The normalized spacial score (nSPS) is 19.8. The van der Waals surface area contributed by atoms with Crippen molar-refractivity contribution in [1.82, 2.24) is 10.2 Å². The molecule has 1 aliphatic carbocycles. The molecule has 92 valence electrons. The highest BCUT2D eigenvalue weighted by molar-refractivity contribution is 5.01. The summed E-state index contributed by atoms with van der Waals surface area (Å²) in [5, 5.41) is 12.4. The topological polar surface area (TPSA) is 39.1 Å². The van der Waals surface area contributed by atoms with Gasteiger partial charge in [-0.1, -0.05) is 13.8 Å². The van der Waals surface area contributed by atoms with Crippen LogP contribution in [-0.2, 0) is 0 Å². The average Bonchev–Trinajstić information content (AvgIpc) is 2.93. The van der Waals surface area contributed by atoms with Crippen LogP contribution in [0.2, 0.25) is 0 Å². The zero-order chi connectivity index (χ0) is 12.2. The summed E-state index contributed by atoms with van der Waals surface area (Å²) in [7, 11) is 4.22. The van der Waals surface area contributed by atoms with Gasteiger partial charge in [0.15, 0.2) is 0 Å². The molecule has 1 unspecified atom stereocenters. The maximum atomic E-state index is 8.78. The first-order valence-electron chi connectivity index (χ1n) is 6.24. The molecular formula is C13H25N3. The van der Waals surface area contributed by atoms with Crippen molar-refractivity contribution in [2.24, 2.45) is 11.3 Å². The Balaban J connectivity index is 2.36. The lowest BCUT2D eigenvalue weighted by molar-refractivity contribution is 0.274. The van der Waals surface area contributed by atoms with Crippen molar-refractivity contribution < 1.29 is 0 Å². The Bertz CT molecular complexity index is 248. The Morgan fingerprint density at radius 2 is 2.00 bits per heavy atom. The van der Waals surface area contributed by atoms with Gasteiger partial charge in [0.1, 0.15) is 0 Å². The van der Waals surface area contributed by atoms with Gasteiger partial charge < -0.3 is 10.2 Å². The molecule has 0 bridgehead atoms. The van der Waals surface area contributed by atoms with Gasteiger partial charge in [-0.15, -0.1) is 0 Å². The molecule has 0 amide bonds. The molecule has 0 aliphatic heterocycles. The first kappa shape index (κ1) is 13.5. The predicted molar refractivity (Wildman–Crippen MR) is 67.1 cm³/mol. The summed E-state index contributed by atoms with van der Waals surface area (Å²) in [6.45, 7) is 6.59. The van der Waals surface area contributed by atoms with Crippen LogP contribution in [0, 0.1) is 22.7 Å². The first-order valence-corrected chi connectivity index (χ1v) is 6.24. The average molecular weight is 223 g/mol. The SMILES string of the molecule is CC(C)C(CN(C)C)NCC1(CC#N)CC1. The van der Waals surface area contributed by atoms with E-state index in [0.717, 1.165) is 13.1 Å². The van der Waals surface area contributed by atoms with Crippen molar-refractivity contribution in [3.05, 3.63) is 0 Å². The van der Waals surface area contributed by atoms with Crippen molar-refractivity contribution in [3.8, 4) is 6.07 Å². The molecule has 1 saturated carbocycles. The van der Waals surface area contributed by atoms with Crippen molar-refractivity contribution >= 4 is 0 Å². The zero-order valence-electron chi connectivity index (χ0n) is 11.1. The van der Waals surface area contributed by atoms with Gasteiger partial charge in [0.05, 0.1) is 6.07 Å². The number of likely N-dealkylation sites (N-methyl/N-ethyl adjacent to an activating group) is 1. The molecule has 3 nitrogen and oxygen atoms in total. The minimum Gasteiger partial charge on any atom is -0.312 e. The quantitative estimate of drug-likeness (QED) is 0.716. The molecule has 0 saturated heterocycles. The van der Waals surface area contributed by atoms with Gasteiger partial charge in [-0.05, 0) is 38.3 Å². The van der Waals surface area contributed by atoms with E-state index in [2.05, 4.69) is 44.2 Å². The first-order chi connectivity index (χ1) is 7.49. The van der Waals surface area contributed by atoms with Gasteiger partial charge in [0.2, 0.25) is 0 Å². The summed E-state index contributed by atoms with van der Waals surface area (Å²) in [5.74, 6) is 0.639. The highest BCUT2D eigenvalue weighted by atomic mass is 15.1. The smallest absolute Gasteiger partial charge is 0.0628 e. The Morgan fingerprint density at radius 3 is 2.38 bits per heavy atom. The van der Waals surface area contributed by atoms with Crippen LogP contribution in [0.4, 0.5) is 0 Å². The van der Waals surface area contributed by atoms with Crippen LogP contribution in [0.15, 0.2) is 0 Å². The van der Waals surface area contributed by atoms with Crippen molar-refractivity contribution in [1.29, 1.82) is 5.26 Å². The third-order valence-electron chi connectivity index (χ3n) is 3.52. The van der Waals surface area contributed by atoms with Crippen molar-refractivity contribution in [2.45, 2.75) is 39.2 Å². The van der Waals surface area contributed by atoms with E-state index in [0.29, 0.717) is 23.8 Å². The summed E-state index contributed by atoms with van der Waals surface area (Å²) in [5.41, 5.74) is 0.314. The van der Waals surface area contributed by atoms with Gasteiger partial charge >= 0.3 is 0 Å². The number of hydrogen-bond donors (Lipinski definition) is 1. The third kappa shape index (κ3) is 4.11. The van der Waals surface area contributed by atoms with E-state index in [1.54, 1.807) is 0 Å². The maximum Gasteiger partial charge on any atom is 0.0628 e. The molecule has 0 spiro atoms. The molecule has 0 heterocycles. The summed E-state index contributed by atoms with van der Waals surface area (Å²) >= 11 is 0. The number of nitriles is 1. The molecular weight excluding hydrogens is 198 g/mol. The zero-order valence-corrected chi connectivity index (χ0v) is 11.1. The van der Waals surface area contributed by atoms with Crippen LogP contribution in [0.1, 0.15) is 33.1 Å². The summed E-state index contributed by atoms with van der Waals surface area (Å²) in [6, 6.07) is 2.85. The lowest BCUT2D eigenvalue weighted by Gasteiger charge is -2.27. The fraction of sp³-hybridized carbons (Fsp3) is 0.923. The molecule has 1 fully saturated rings. The van der Waals surface area contributed by atoms with Crippen LogP contribution in [-0.4, -0.2) is 38.1 Å².